The first-order chi connectivity index (χ1) is 13.0. The number of esters is 1. The first-order valence-electron chi connectivity index (χ1n) is 9.27. The zero-order chi connectivity index (χ0) is 19.4. The summed E-state index contributed by atoms with van der Waals surface area (Å²) in [5.41, 5.74) is 1.81. The number of ether oxygens (including phenoxy) is 2. The number of nitrogens with zero attached hydrogens (tertiary/aromatic N) is 1. The van der Waals surface area contributed by atoms with Gasteiger partial charge in [-0.15, -0.1) is 0 Å². The number of nitrogens with one attached hydrogen (secondary N) is 2. The molecule has 146 valence electrons. The van der Waals surface area contributed by atoms with E-state index in [4.69, 9.17) is 9.47 Å². The highest BCUT2D eigenvalue weighted by atomic mass is 16.5. The van der Waals surface area contributed by atoms with Crippen LogP contribution in [-0.4, -0.2) is 50.8 Å². The molecular weight excluding hydrogens is 346 g/mol. The fourth-order valence-electron chi connectivity index (χ4n) is 3.82. The number of urea groups is 1. The molecule has 0 aromatic heterocycles. The van der Waals surface area contributed by atoms with Crippen molar-refractivity contribution < 1.29 is 19.1 Å². The first-order valence-corrected chi connectivity index (χ1v) is 9.27. The highest BCUT2D eigenvalue weighted by Crippen LogP contribution is 2.30. The van der Waals surface area contributed by atoms with Crippen LogP contribution >= 0.6 is 0 Å². The number of rotatable bonds is 5. The van der Waals surface area contributed by atoms with Gasteiger partial charge in [-0.25, -0.2) is 9.59 Å². The Kier molecular flexibility index (Phi) is 6.01. The second kappa shape index (κ2) is 8.43. The van der Waals surface area contributed by atoms with Crippen molar-refractivity contribution in [1.82, 2.24) is 15.5 Å². The predicted octanol–water partition coefficient (Wildman–Crippen LogP) is 2.21. The smallest absolute Gasteiger partial charge is 0.338 e. The number of carbonyl (C=O) groups is 2. The molecule has 1 aromatic carbocycles. The van der Waals surface area contributed by atoms with Crippen molar-refractivity contribution in [2.45, 2.75) is 25.8 Å². The van der Waals surface area contributed by atoms with Crippen LogP contribution in [0.3, 0.4) is 0 Å². The van der Waals surface area contributed by atoms with Crippen LogP contribution in [0.25, 0.3) is 0 Å². The van der Waals surface area contributed by atoms with Crippen molar-refractivity contribution in [2.24, 2.45) is 5.92 Å². The van der Waals surface area contributed by atoms with E-state index in [-0.39, 0.29) is 6.03 Å². The third kappa shape index (κ3) is 4.42. The summed E-state index contributed by atoms with van der Waals surface area (Å²) in [6.45, 7) is 4.64. The Morgan fingerprint density at radius 3 is 2.85 bits per heavy atom. The Balaban J connectivity index is 1.97. The quantitative estimate of drug-likeness (QED) is 0.774. The Bertz CT molecular complexity index is 746. The summed E-state index contributed by atoms with van der Waals surface area (Å²) < 4.78 is 10.3. The normalized spacial score (nSPS) is 23.4. The fourth-order valence-corrected chi connectivity index (χ4v) is 3.82. The summed E-state index contributed by atoms with van der Waals surface area (Å²) in [4.78, 5) is 27.2. The third-order valence-electron chi connectivity index (χ3n) is 5.11. The number of carbonyl (C=O) groups excluding carboxylic acids is 2. The molecule has 0 spiro atoms. The molecule has 2 atom stereocenters. The van der Waals surface area contributed by atoms with Gasteiger partial charge in [0.15, 0.2) is 0 Å². The summed E-state index contributed by atoms with van der Waals surface area (Å²) >= 11 is 0. The van der Waals surface area contributed by atoms with Gasteiger partial charge in [0.2, 0.25) is 0 Å². The van der Waals surface area contributed by atoms with E-state index in [2.05, 4.69) is 22.5 Å². The number of methoxy groups -OCH3 is 2. The maximum absolute atomic E-state index is 12.6. The summed E-state index contributed by atoms with van der Waals surface area (Å²) in [6.07, 6.45) is 2.33. The van der Waals surface area contributed by atoms with Crippen LogP contribution in [-0.2, 0) is 9.53 Å². The fraction of sp³-hybridized carbons (Fsp3) is 0.500. The van der Waals surface area contributed by atoms with E-state index >= 15 is 0 Å². The van der Waals surface area contributed by atoms with Crippen molar-refractivity contribution in [1.29, 1.82) is 0 Å². The van der Waals surface area contributed by atoms with Crippen LogP contribution in [0.1, 0.15) is 31.4 Å². The number of amides is 2. The summed E-state index contributed by atoms with van der Waals surface area (Å²) in [5.74, 6) is 0.818. The topological polar surface area (TPSA) is 79.9 Å². The van der Waals surface area contributed by atoms with Crippen LogP contribution in [0.4, 0.5) is 4.79 Å². The molecule has 1 fully saturated rings. The molecule has 0 aliphatic carbocycles. The van der Waals surface area contributed by atoms with Gasteiger partial charge in [0.05, 0.1) is 25.8 Å². The molecular formula is C20H27N3O4. The highest BCUT2D eigenvalue weighted by molar-refractivity contribution is 5.95. The minimum absolute atomic E-state index is 0.324. The Labute approximate surface area is 159 Å². The van der Waals surface area contributed by atoms with E-state index < -0.39 is 12.0 Å². The maximum atomic E-state index is 12.6. The SMILES string of the molecule is COC(=O)C1=C(CN2CCC[C@@H](C)C2)NC(=O)N[C@H]1c1cccc(OC)c1. The molecule has 1 saturated heterocycles. The molecule has 7 nitrogen and oxygen atoms in total. The second-order valence-corrected chi connectivity index (χ2v) is 7.17. The van der Waals surface area contributed by atoms with Gasteiger partial charge in [-0.3, -0.25) is 4.90 Å². The standard InChI is InChI=1S/C20H27N3O4/c1-13-6-5-9-23(11-13)12-16-17(19(24)27-3)18(22-20(25)21-16)14-7-4-8-15(10-14)26-2/h4,7-8,10,13,18H,5-6,9,11-12H2,1-3H3,(H2,21,22,25)/t13-,18+/m1/s1. The highest BCUT2D eigenvalue weighted by Gasteiger charge is 2.34. The molecule has 3 rings (SSSR count). The Hall–Kier alpha value is -2.54. The molecule has 0 unspecified atom stereocenters. The molecule has 2 N–H and O–H groups in total. The van der Waals surface area contributed by atoms with Gasteiger partial charge >= 0.3 is 12.0 Å². The molecule has 2 aliphatic rings. The number of piperidine rings is 1. The van der Waals surface area contributed by atoms with Crippen molar-refractivity contribution in [3.63, 3.8) is 0 Å². The molecule has 2 heterocycles. The van der Waals surface area contributed by atoms with Gasteiger partial charge in [-0.1, -0.05) is 19.1 Å². The number of benzene rings is 1. The minimum atomic E-state index is -0.585. The van der Waals surface area contributed by atoms with Crippen LogP contribution in [0.5, 0.6) is 5.75 Å². The van der Waals surface area contributed by atoms with Crippen LogP contribution in [0.2, 0.25) is 0 Å². The molecule has 0 bridgehead atoms. The molecule has 27 heavy (non-hydrogen) atoms. The largest absolute Gasteiger partial charge is 0.497 e. The number of hydrogen-bond donors (Lipinski definition) is 2. The maximum Gasteiger partial charge on any atom is 0.338 e. The number of hydrogen-bond acceptors (Lipinski definition) is 5. The van der Waals surface area contributed by atoms with E-state index in [1.165, 1.54) is 13.5 Å². The van der Waals surface area contributed by atoms with Gasteiger partial charge in [-0.05, 0) is 43.0 Å². The monoisotopic (exact) mass is 373 g/mol. The summed E-state index contributed by atoms with van der Waals surface area (Å²) in [5, 5.41) is 5.67. The average molecular weight is 373 g/mol. The summed E-state index contributed by atoms with van der Waals surface area (Å²) in [6, 6.07) is 6.43. The molecule has 1 aromatic rings. The number of likely N-dealkylation sites (tertiary alicyclic amines) is 1. The lowest BCUT2D eigenvalue weighted by Crippen LogP contribution is -2.49. The van der Waals surface area contributed by atoms with E-state index in [9.17, 15) is 9.59 Å². The van der Waals surface area contributed by atoms with Gasteiger partial charge in [0.1, 0.15) is 5.75 Å². The zero-order valence-electron chi connectivity index (χ0n) is 16.1. The second-order valence-electron chi connectivity index (χ2n) is 7.17. The van der Waals surface area contributed by atoms with Crippen LogP contribution in [0, 0.1) is 5.92 Å². The van der Waals surface area contributed by atoms with Gasteiger partial charge in [-0.2, -0.15) is 0 Å². The van der Waals surface area contributed by atoms with Gasteiger partial charge < -0.3 is 20.1 Å². The molecule has 2 aliphatic heterocycles. The van der Waals surface area contributed by atoms with E-state index in [0.717, 1.165) is 25.1 Å². The van der Waals surface area contributed by atoms with Crippen molar-refractivity contribution in [3.8, 4) is 5.75 Å². The average Bonchev–Trinajstić information content (AvgIpc) is 2.67. The lowest BCUT2D eigenvalue weighted by atomic mass is 9.94. The third-order valence-corrected chi connectivity index (χ3v) is 5.11. The molecule has 2 amide bonds. The molecule has 7 heteroatoms. The predicted molar refractivity (Wildman–Crippen MR) is 101 cm³/mol. The lowest BCUT2D eigenvalue weighted by Gasteiger charge is -2.35. The van der Waals surface area contributed by atoms with Crippen LogP contribution in [0.15, 0.2) is 35.5 Å². The van der Waals surface area contributed by atoms with E-state index in [0.29, 0.717) is 29.5 Å². The van der Waals surface area contributed by atoms with E-state index in [1.54, 1.807) is 7.11 Å². The zero-order valence-corrected chi connectivity index (χ0v) is 16.1. The minimum Gasteiger partial charge on any atom is -0.497 e. The van der Waals surface area contributed by atoms with Gasteiger partial charge in [0, 0.05) is 18.8 Å². The Morgan fingerprint density at radius 1 is 1.33 bits per heavy atom. The Morgan fingerprint density at radius 2 is 2.15 bits per heavy atom. The summed E-state index contributed by atoms with van der Waals surface area (Å²) in [7, 11) is 2.94. The van der Waals surface area contributed by atoms with Crippen molar-refractivity contribution in [2.75, 3.05) is 33.9 Å². The first kappa shape index (κ1) is 19.2. The van der Waals surface area contributed by atoms with Crippen molar-refractivity contribution in [3.05, 3.63) is 41.1 Å². The van der Waals surface area contributed by atoms with Gasteiger partial charge in [0.25, 0.3) is 0 Å². The molecule has 0 saturated carbocycles. The van der Waals surface area contributed by atoms with E-state index in [1.807, 2.05) is 24.3 Å². The molecule has 0 radical (unpaired) electrons. The lowest BCUT2D eigenvalue weighted by molar-refractivity contribution is -0.136. The van der Waals surface area contributed by atoms with Crippen LogP contribution < -0.4 is 15.4 Å². The van der Waals surface area contributed by atoms with Crippen molar-refractivity contribution >= 4 is 12.0 Å².